The van der Waals surface area contributed by atoms with Crippen LogP contribution < -0.4 is 15.8 Å². The number of ether oxygens (including phenoxy) is 2. The van der Waals surface area contributed by atoms with Crippen LogP contribution in [-0.4, -0.2) is 41.3 Å². The second-order valence-electron chi connectivity index (χ2n) is 3.98. The summed E-state index contributed by atoms with van der Waals surface area (Å²) in [5.74, 6) is 0.588. The zero-order valence-electron chi connectivity index (χ0n) is 11.7. The van der Waals surface area contributed by atoms with Crippen molar-refractivity contribution in [1.29, 1.82) is 0 Å². The molecule has 0 amide bonds. The van der Waals surface area contributed by atoms with Gasteiger partial charge in [-0.15, -0.1) is 0 Å². The lowest BCUT2D eigenvalue weighted by molar-refractivity contribution is 0.131. The Bertz CT molecular complexity index is 362. The van der Waals surface area contributed by atoms with Crippen molar-refractivity contribution in [3.63, 3.8) is 0 Å². The molecule has 1 aromatic heterocycles. The van der Waals surface area contributed by atoms with Crippen LogP contribution in [0.3, 0.4) is 0 Å². The number of anilines is 2. The summed E-state index contributed by atoms with van der Waals surface area (Å²) in [5.41, 5.74) is 5.57. The molecule has 1 rings (SSSR count). The molecule has 0 spiro atoms. The van der Waals surface area contributed by atoms with Gasteiger partial charge in [-0.2, -0.15) is 15.0 Å². The zero-order valence-corrected chi connectivity index (χ0v) is 11.7. The number of rotatable bonds is 10. The second-order valence-corrected chi connectivity index (χ2v) is 3.98. The Kier molecular flexibility index (Phi) is 7.57. The van der Waals surface area contributed by atoms with Gasteiger partial charge in [0, 0.05) is 19.8 Å². The molecule has 0 fully saturated rings. The number of aromatic nitrogens is 3. The Morgan fingerprint density at radius 3 is 2.63 bits per heavy atom. The fourth-order valence-electron chi connectivity index (χ4n) is 1.37. The summed E-state index contributed by atoms with van der Waals surface area (Å²) in [6.07, 6.45) is 3.15. The molecule has 108 valence electrons. The van der Waals surface area contributed by atoms with E-state index in [1.54, 1.807) is 0 Å². The normalized spacial score (nSPS) is 10.4. The first-order chi connectivity index (χ1) is 9.26. The smallest absolute Gasteiger partial charge is 0.323 e. The molecule has 0 aliphatic rings. The third-order valence-electron chi connectivity index (χ3n) is 2.30. The summed E-state index contributed by atoms with van der Waals surface area (Å²) in [7, 11) is 0. The van der Waals surface area contributed by atoms with Gasteiger partial charge in [0.1, 0.15) is 0 Å². The predicted octanol–water partition coefficient (Wildman–Crippen LogP) is 1.47. The highest BCUT2D eigenvalue weighted by Crippen LogP contribution is 2.08. The first-order valence-corrected chi connectivity index (χ1v) is 6.72. The molecule has 3 N–H and O–H groups in total. The molecule has 0 atom stereocenters. The molecule has 0 aromatic carbocycles. The summed E-state index contributed by atoms with van der Waals surface area (Å²) < 4.78 is 10.6. The highest BCUT2D eigenvalue weighted by Gasteiger charge is 2.04. The molecule has 0 radical (unpaired) electrons. The van der Waals surface area contributed by atoms with Crippen molar-refractivity contribution in [2.75, 3.05) is 37.4 Å². The van der Waals surface area contributed by atoms with E-state index < -0.39 is 0 Å². The second kappa shape index (κ2) is 9.32. The molecule has 1 aromatic rings. The van der Waals surface area contributed by atoms with Crippen LogP contribution in [0.5, 0.6) is 6.01 Å². The van der Waals surface area contributed by atoms with Gasteiger partial charge in [0.15, 0.2) is 0 Å². The molecule has 0 aliphatic carbocycles. The summed E-state index contributed by atoms with van der Waals surface area (Å²) in [5, 5.41) is 3.07. The third kappa shape index (κ3) is 6.76. The minimum absolute atomic E-state index is 0.153. The van der Waals surface area contributed by atoms with E-state index in [2.05, 4.69) is 27.2 Å². The lowest BCUT2D eigenvalue weighted by Crippen LogP contribution is -2.11. The largest absolute Gasteiger partial charge is 0.464 e. The molecular formula is C12H23N5O2. The van der Waals surface area contributed by atoms with Gasteiger partial charge in [-0.3, -0.25) is 0 Å². The van der Waals surface area contributed by atoms with E-state index in [4.69, 9.17) is 15.2 Å². The average molecular weight is 269 g/mol. The van der Waals surface area contributed by atoms with Crippen LogP contribution in [0, 0.1) is 0 Å². The van der Waals surface area contributed by atoms with Gasteiger partial charge < -0.3 is 20.5 Å². The molecule has 19 heavy (non-hydrogen) atoms. The van der Waals surface area contributed by atoms with Crippen molar-refractivity contribution in [2.24, 2.45) is 0 Å². The number of nitrogen functional groups attached to an aromatic ring is 1. The molecule has 7 nitrogen and oxygen atoms in total. The molecule has 0 saturated carbocycles. The lowest BCUT2D eigenvalue weighted by atomic mass is 10.4. The standard InChI is InChI=1S/C12H23N5O2/c1-3-5-8-18-9-6-7-14-11-15-10(13)16-12(17-11)19-4-2/h3-9H2,1-2H3,(H3,13,14,15,16,17). The number of hydrogen-bond donors (Lipinski definition) is 2. The van der Waals surface area contributed by atoms with E-state index in [-0.39, 0.29) is 12.0 Å². The van der Waals surface area contributed by atoms with Crippen LogP contribution in [0.1, 0.15) is 33.1 Å². The van der Waals surface area contributed by atoms with Crippen LogP contribution in [0.15, 0.2) is 0 Å². The van der Waals surface area contributed by atoms with Gasteiger partial charge in [0.25, 0.3) is 0 Å². The highest BCUT2D eigenvalue weighted by molar-refractivity contribution is 5.32. The van der Waals surface area contributed by atoms with E-state index in [1.807, 2.05) is 6.92 Å². The van der Waals surface area contributed by atoms with Crippen molar-refractivity contribution in [2.45, 2.75) is 33.1 Å². The molecule has 1 heterocycles. The van der Waals surface area contributed by atoms with Crippen molar-refractivity contribution in [1.82, 2.24) is 15.0 Å². The number of nitrogens with zero attached hydrogens (tertiary/aromatic N) is 3. The summed E-state index contributed by atoms with van der Waals surface area (Å²) in [6, 6.07) is 0.247. The van der Waals surface area contributed by atoms with E-state index >= 15 is 0 Å². The zero-order chi connectivity index (χ0) is 13.9. The minimum atomic E-state index is 0.153. The Balaban J connectivity index is 2.25. The van der Waals surface area contributed by atoms with Gasteiger partial charge >= 0.3 is 6.01 Å². The number of unbranched alkanes of at least 4 members (excludes halogenated alkanes) is 1. The maximum absolute atomic E-state index is 5.57. The molecule has 0 saturated heterocycles. The summed E-state index contributed by atoms with van der Waals surface area (Å²) >= 11 is 0. The van der Waals surface area contributed by atoms with Crippen LogP contribution in [-0.2, 0) is 4.74 Å². The number of nitrogens with one attached hydrogen (secondary N) is 1. The number of nitrogens with two attached hydrogens (primary N) is 1. The van der Waals surface area contributed by atoms with Crippen molar-refractivity contribution >= 4 is 11.9 Å². The van der Waals surface area contributed by atoms with Crippen LogP contribution in [0.4, 0.5) is 11.9 Å². The van der Waals surface area contributed by atoms with E-state index in [0.717, 1.165) is 39.0 Å². The minimum Gasteiger partial charge on any atom is -0.464 e. The highest BCUT2D eigenvalue weighted by atomic mass is 16.5. The first kappa shape index (κ1) is 15.4. The Hall–Kier alpha value is -1.63. The Labute approximate surface area is 113 Å². The van der Waals surface area contributed by atoms with Crippen LogP contribution in [0.25, 0.3) is 0 Å². The monoisotopic (exact) mass is 269 g/mol. The Morgan fingerprint density at radius 1 is 1.11 bits per heavy atom. The quantitative estimate of drug-likeness (QED) is 0.621. The van der Waals surface area contributed by atoms with E-state index in [0.29, 0.717) is 12.6 Å². The van der Waals surface area contributed by atoms with Crippen LogP contribution >= 0.6 is 0 Å². The van der Waals surface area contributed by atoms with Crippen molar-refractivity contribution in [3.05, 3.63) is 0 Å². The van der Waals surface area contributed by atoms with Gasteiger partial charge in [-0.1, -0.05) is 13.3 Å². The topological polar surface area (TPSA) is 95.2 Å². The van der Waals surface area contributed by atoms with Crippen LogP contribution in [0.2, 0.25) is 0 Å². The first-order valence-electron chi connectivity index (χ1n) is 6.72. The Morgan fingerprint density at radius 2 is 1.89 bits per heavy atom. The average Bonchev–Trinajstić information content (AvgIpc) is 2.37. The predicted molar refractivity (Wildman–Crippen MR) is 74.2 cm³/mol. The summed E-state index contributed by atoms with van der Waals surface area (Å²) in [6.45, 7) is 6.78. The molecule has 0 aliphatic heterocycles. The molecule has 0 unspecified atom stereocenters. The molecule has 7 heteroatoms. The van der Waals surface area contributed by atoms with Gasteiger partial charge in [0.2, 0.25) is 11.9 Å². The molecule has 0 bridgehead atoms. The fraction of sp³-hybridized carbons (Fsp3) is 0.750. The molecular weight excluding hydrogens is 246 g/mol. The summed E-state index contributed by atoms with van der Waals surface area (Å²) in [4.78, 5) is 12.0. The fourth-order valence-corrected chi connectivity index (χ4v) is 1.37. The number of hydrogen-bond acceptors (Lipinski definition) is 7. The maximum Gasteiger partial charge on any atom is 0.323 e. The third-order valence-corrected chi connectivity index (χ3v) is 2.30. The van der Waals surface area contributed by atoms with E-state index in [1.165, 1.54) is 0 Å². The van der Waals surface area contributed by atoms with Crippen molar-refractivity contribution in [3.8, 4) is 6.01 Å². The van der Waals surface area contributed by atoms with Gasteiger partial charge in [-0.05, 0) is 19.8 Å². The van der Waals surface area contributed by atoms with Crippen molar-refractivity contribution < 1.29 is 9.47 Å². The maximum atomic E-state index is 5.57. The van der Waals surface area contributed by atoms with Gasteiger partial charge in [-0.25, -0.2) is 0 Å². The SMILES string of the molecule is CCCCOCCCNc1nc(N)nc(OCC)n1. The van der Waals surface area contributed by atoms with Gasteiger partial charge in [0.05, 0.1) is 6.61 Å². The lowest BCUT2D eigenvalue weighted by Gasteiger charge is -2.07. The van der Waals surface area contributed by atoms with E-state index in [9.17, 15) is 0 Å².